The van der Waals surface area contributed by atoms with Crippen LogP contribution in [0.1, 0.15) is 12.5 Å². The van der Waals surface area contributed by atoms with Gasteiger partial charge in [0.1, 0.15) is 5.15 Å². The van der Waals surface area contributed by atoms with Crippen molar-refractivity contribution in [3.63, 3.8) is 0 Å². The van der Waals surface area contributed by atoms with Crippen LogP contribution in [0.5, 0.6) is 5.88 Å². The first-order valence-electron chi connectivity index (χ1n) is 3.61. The Kier molecular flexibility index (Phi) is 2.72. The van der Waals surface area contributed by atoms with E-state index in [1.165, 1.54) is 13.0 Å². The lowest BCUT2D eigenvalue weighted by Gasteiger charge is -2.06. The van der Waals surface area contributed by atoms with Gasteiger partial charge >= 0.3 is 5.97 Å². The summed E-state index contributed by atoms with van der Waals surface area (Å²) in [5, 5.41) is 0.208. The van der Waals surface area contributed by atoms with E-state index in [1.807, 2.05) is 0 Å². The summed E-state index contributed by atoms with van der Waals surface area (Å²) in [6, 6.07) is 1.50. The first-order chi connectivity index (χ1) is 6.00. The molecule has 0 aliphatic heterocycles. The largest absolute Gasteiger partial charge is 0.407 e. The van der Waals surface area contributed by atoms with E-state index in [2.05, 4.69) is 4.98 Å². The van der Waals surface area contributed by atoms with Crippen LogP contribution in [0.4, 0.5) is 5.69 Å². The van der Waals surface area contributed by atoms with Crippen molar-refractivity contribution < 1.29 is 9.53 Å². The standard InChI is InChI=1S/C8H9ClN2O2/c1-4-6(10)3-7(9)11-8(4)13-5(2)12/h3H,1-2H3,(H2,10,11). The van der Waals surface area contributed by atoms with Crippen LogP contribution in [0.15, 0.2) is 6.07 Å². The van der Waals surface area contributed by atoms with Gasteiger partial charge in [0.05, 0.1) is 0 Å². The molecule has 1 aromatic rings. The lowest BCUT2D eigenvalue weighted by molar-refractivity contribution is -0.132. The molecule has 0 radical (unpaired) electrons. The second-order valence-corrected chi connectivity index (χ2v) is 2.95. The summed E-state index contributed by atoms with van der Waals surface area (Å²) in [5.74, 6) is -0.283. The monoisotopic (exact) mass is 200 g/mol. The number of esters is 1. The molecule has 0 amide bonds. The van der Waals surface area contributed by atoms with Gasteiger partial charge in [-0.25, -0.2) is 4.98 Å². The minimum absolute atomic E-state index is 0.164. The van der Waals surface area contributed by atoms with Crippen molar-refractivity contribution in [2.45, 2.75) is 13.8 Å². The molecule has 70 valence electrons. The van der Waals surface area contributed by atoms with Crippen molar-refractivity contribution in [3.8, 4) is 5.88 Å². The molecule has 0 spiro atoms. The molecule has 0 fully saturated rings. The molecule has 0 saturated heterocycles. The molecule has 0 saturated carbocycles. The zero-order valence-corrected chi connectivity index (χ0v) is 8.05. The molecule has 0 aromatic carbocycles. The van der Waals surface area contributed by atoms with Gasteiger partial charge in [0.25, 0.3) is 0 Å². The molecule has 0 aliphatic rings. The molecule has 1 aromatic heterocycles. The van der Waals surface area contributed by atoms with Crippen LogP contribution in [-0.4, -0.2) is 11.0 Å². The van der Waals surface area contributed by atoms with Gasteiger partial charge in [-0.1, -0.05) is 11.6 Å². The number of pyridine rings is 1. The highest BCUT2D eigenvalue weighted by Gasteiger charge is 2.08. The van der Waals surface area contributed by atoms with Gasteiger partial charge < -0.3 is 10.5 Å². The average Bonchev–Trinajstić information content (AvgIpc) is 1.98. The second-order valence-electron chi connectivity index (χ2n) is 2.56. The summed E-state index contributed by atoms with van der Waals surface area (Å²) in [5.41, 5.74) is 6.65. The number of nitrogen functional groups attached to an aromatic ring is 1. The van der Waals surface area contributed by atoms with Crippen LogP contribution >= 0.6 is 11.6 Å². The fourth-order valence-electron chi connectivity index (χ4n) is 0.809. The van der Waals surface area contributed by atoms with Crippen molar-refractivity contribution in [3.05, 3.63) is 16.8 Å². The number of rotatable bonds is 1. The normalized spacial score (nSPS) is 9.77. The first kappa shape index (κ1) is 9.80. The number of anilines is 1. The SMILES string of the molecule is CC(=O)Oc1nc(Cl)cc(N)c1C. The van der Waals surface area contributed by atoms with Crippen LogP contribution in [0, 0.1) is 6.92 Å². The van der Waals surface area contributed by atoms with Crippen molar-refractivity contribution in [1.82, 2.24) is 4.98 Å². The number of carbonyl (C=O) groups excluding carboxylic acids is 1. The Morgan fingerprint density at radius 3 is 2.85 bits per heavy atom. The summed E-state index contributed by atoms with van der Waals surface area (Å²) in [6.07, 6.45) is 0. The number of halogens is 1. The van der Waals surface area contributed by atoms with Crippen molar-refractivity contribution in [2.24, 2.45) is 0 Å². The van der Waals surface area contributed by atoms with Gasteiger partial charge in [0.2, 0.25) is 5.88 Å². The Morgan fingerprint density at radius 1 is 1.69 bits per heavy atom. The fourth-order valence-corrected chi connectivity index (χ4v) is 1.00. The van der Waals surface area contributed by atoms with Crippen LogP contribution in [0.3, 0.4) is 0 Å². The van der Waals surface area contributed by atoms with Gasteiger partial charge in [0.15, 0.2) is 0 Å². The Balaban J connectivity index is 3.12. The molecule has 13 heavy (non-hydrogen) atoms. The molecule has 0 aliphatic carbocycles. The predicted molar refractivity (Wildman–Crippen MR) is 49.7 cm³/mol. The van der Waals surface area contributed by atoms with E-state index in [1.54, 1.807) is 6.92 Å². The molecule has 1 rings (SSSR count). The van der Waals surface area contributed by atoms with Crippen LogP contribution in [0.2, 0.25) is 5.15 Å². The number of nitrogens with zero attached hydrogens (tertiary/aromatic N) is 1. The number of carbonyl (C=O) groups is 1. The summed E-state index contributed by atoms with van der Waals surface area (Å²) >= 11 is 5.62. The molecule has 1 heterocycles. The first-order valence-corrected chi connectivity index (χ1v) is 3.99. The zero-order chi connectivity index (χ0) is 10.0. The predicted octanol–water partition coefficient (Wildman–Crippen LogP) is 1.55. The minimum atomic E-state index is -0.447. The third kappa shape index (κ3) is 2.32. The highest BCUT2D eigenvalue weighted by Crippen LogP contribution is 2.24. The van der Waals surface area contributed by atoms with Gasteiger partial charge in [0, 0.05) is 18.2 Å². The lowest BCUT2D eigenvalue weighted by Crippen LogP contribution is -2.06. The van der Waals surface area contributed by atoms with Crippen molar-refractivity contribution in [2.75, 3.05) is 5.73 Å². The molecule has 5 heteroatoms. The van der Waals surface area contributed by atoms with Crippen molar-refractivity contribution in [1.29, 1.82) is 0 Å². The molecule has 2 N–H and O–H groups in total. The molecule has 4 nitrogen and oxygen atoms in total. The number of ether oxygens (including phenoxy) is 1. The highest BCUT2D eigenvalue weighted by atomic mass is 35.5. The number of aromatic nitrogens is 1. The Labute approximate surface area is 80.7 Å². The number of hydrogen-bond donors (Lipinski definition) is 1. The topological polar surface area (TPSA) is 65.2 Å². The Hall–Kier alpha value is -1.29. The van der Waals surface area contributed by atoms with Crippen LogP contribution < -0.4 is 10.5 Å². The van der Waals surface area contributed by atoms with Gasteiger partial charge in [-0.05, 0) is 13.0 Å². The summed E-state index contributed by atoms with van der Waals surface area (Å²) in [7, 11) is 0. The highest BCUT2D eigenvalue weighted by molar-refractivity contribution is 6.29. The smallest absolute Gasteiger partial charge is 0.309 e. The number of nitrogens with two attached hydrogens (primary N) is 1. The van der Waals surface area contributed by atoms with Crippen LogP contribution in [-0.2, 0) is 4.79 Å². The summed E-state index contributed by atoms with van der Waals surface area (Å²) < 4.78 is 4.79. The van der Waals surface area contributed by atoms with E-state index in [0.717, 1.165) is 0 Å². The average molecular weight is 201 g/mol. The molecule has 0 unspecified atom stereocenters. The molecule has 0 atom stereocenters. The van der Waals surface area contributed by atoms with Gasteiger partial charge in [-0.15, -0.1) is 0 Å². The third-order valence-corrected chi connectivity index (χ3v) is 1.67. The van der Waals surface area contributed by atoms with Gasteiger partial charge in [-0.3, -0.25) is 4.79 Å². The Morgan fingerprint density at radius 2 is 2.31 bits per heavy atom. The maximum Gasteiger partial charge on any atom is 0.309 e. The van der Waals surface area contributed by atoms with E-state index in [-0.39, 0.29) is 11.0 Å². The molecular weight excluding hydrogens is 192 g/mol. The van der Waals surface area contributed by atoms with E-state index >= 15 is 0 Å². The lowest BCUT2D eigenvalue weighted by atomic mass is 10.2. The molecular formula is C8H9ClN2O2. The fraction of sp³-hybridized carbons (Fsp3) is 0.250. The van der Waals surface area contributed by atoms with E-state index < -0.39 is 5.97 Å². The Bertz CT molecular complexity index is 352. The maximum absolute atomic E-state index is 10.6. The maximum atomic E-state index is 10.6. The van der Waals surface area contributed by atoms with Crippen molar-refractivity contribution >= 4 is 23.3 Å². The minimum Gasteiger partial charge on any atom is -0.407 e. The third-order valence-electron chi connectivity index (χ3n) is 1.48. The summed E-state index contributed by atoms with van der Waals surface area (Å²) in [6.45, 7) is 3.00. The quantitative estimate of drug-likeness (QED) is 0.552. The van der Waals surface area contributed by atoms with Crippen LogP contribution in [0.25, 0.3) is 0 Å². The van der Waals surface area contributed by atoms with E-state index in [9.17, 15) is 4.79 Å². The van der Waals surface area contributed by atoms with E-state index in [0.29, 0.717) is 11.3 Å². The zero-order valence-electron chi connectivity index (χ0n) is 7.30. The second kappa shape index (κ2) is 3.62. The molecule has 0 bridgehead atoms. The van der Waals surface area contributed by atoms with Gasteiger partial charge in [-0.2, -0.15) is 0 Å². The summed E-state index contributed by atoms with van der Waals surface area (Å²) in [4.78, 5) is 14.5. The number of hydrogen-bond acceptors (Lipinski definition) is 4. The van der Waals surface area contributed by atoms with E-state index in [4.69, 9.17) is 22.1 Å².